The Balaban J connectivity index is 1.82. The standard InChI is InChI=1S/C23H27N3O/c1-3-4-10-21-17(2)26(14-13-22(21)18-8-6-5-7-9-18)23(27)19-11-12-20(15-24)25-16-19/h5-9,11-12,16-17,21-22H,3-4,10,13-14H2,1-2H3/t17-,21+,22-/m1/s1. The largest absolute Gasteiger partial charge is 0.336 e. The SMILES string of the molecule is CCCC[C@@H]1[C@@H](c2ccccc2)CCN(C(=O)c2ccc(C#N)nc2)[C@@H]1C. The Morgan fingerprint density at radius 1 is 1.26 bits per heavy atom. The number of carbonyl (C=O) groups is 1. The average molecular weight is 361 g/mol. The van der Waals surface area contributed by atoms with Crippen LogP contribution in [0, 0.1) is 17.2 Å². The summed E-state index contributed by atoms with van der Waals surface area (Å²) in [5, 5.41) is 8.90. The number of carbonyl (C=O) groups excluding carboxylic acids is 1. The third-order valence-electron chi connectivity index (χ3n) is 5.81. The Morgan fingerprint density at radius 2 is 2.04 bits per heavy atom. The van der Waals surface area contributed by atoms with Crippen LogP contribution >= 0.6 is 0 Å². The Morgan fingerprint density at radius 3 is 2.67 bits per heavy atom. The second-order valence-electron chi connectivity index (χ2n) is 7.40. The van der Waals surface area contributed by atoms with Gasteiger partial charge in [0.1, 0.15) is 11.8 Å². The number of unbranched alkanes of at least 4 members (excludes halogenated alkanes) is 1. The van der Waals surface area contributed by atoms with E-state index in [-0.39, 0.29) is 11.9 Å². The predicted octanol–water partition coefficient (Wildman–Crippen LogP) is 4.78. The zero-order valence-corrected chi connectivity index (χ0v) is 16.1. The quantitative estimate of drug-likeness (QED) is 0.770. The van der Waals surface area contributed by atoms with Crippen molar-refractivity contribution in [2.24, 2.45) is 5.92 Å². The molecule has 1 aliphatic heterocycles. The van der Waals surface area contributed by atoms with E-state index in [1.807, 2.05) is 11.0 Å². The molecule has 0 N–H and O–H groups in total. The fraction of sp³-hybridized carbons (Fsp3) is 0.435. The van der Waals surface area contributed by atoms with Crippen LogP contribution in [-0.2, 0) is 0 Å². The third-order valence-corrected chi connectivity index (χ3v) is 5.81. The first-order valence-corrected chi connectivity index (χ1v) is 9.87. The maximum atomic E-state index is 13.1. The minimum atomic E-state index is 0.0208. The van der Waals surface area contributed by atoms with Crippen LogP contribution in [0.15, 0.2) is 48.7 Å². The Hall–Kier alpha value is -2.67. The monoisotopic (exact) mass is 361 g/mol. The van der Waals surface area contributed by atoms with E-state index in [1.165, 1.54) is 18.2 Å². The molecule has 3 atom stereocenters. The molecule has 0 unspecified atom stereocenters. The van der Waals surface area contributed by atoms with Gasteiger partial charge in [0.25, 0.3) is 5.91 Å². The second kappa shape index (κ2) is 8.81. The number of hydrogen-bond donors (Lipinski definition) is 0. The summed E-state index contributed by atoms with van der Waals surface area (Å²) in [5.74, 6) is 0.972. The van der Waals surface area contributed by atoms with Crippen molar-refractivity contribution in [1.29, 1.82) is 5.26 Å². The molecule has 0 spiro atoms. The maximum absolute atomic E-state index is 13.1. The lowest BCUT2D eigenvalue weighted by molar-refractivity contribution is 0.0465. The van der Waals surface area contributed by atoms with E-state index in [9.17, 15) is 4.79 Å². The molecule has 0 radical (unpaired) electrons. The number of aromatic nitrogens is 1. The first-order valence-electron chi connectivity index (χ1n) is 9.87. The highest BCUT2D eigenvalue weighted by molar-refractivity contribution is 5.94. The summed E-state index contributed by atoms with van der Waals surface area (Å²) in [6.45, 7) is 5.16. The second-order valence-corrected chi connectivity index (χ2v) is 7.40. The van der Waals surface area contributed by atoms with Crippen molar-refractivity contribution in [3.63, 3.8) is 0 Å². The maximum Gasteiger partial charge on any atom is 0.255 e. The molecule has 27 heavy (non-hydrogen) atoms. The van der Waals surface area contributed by atoms with Gasteiger partial charge >= 0.3 is 0 Å². The average Bonchev–Trinajstić information content (AvgIpc) is 2.73. The zero-order chi connectivity index (χ0) is 19.2. The summed E-state index contributed by atoms with van der Waals surface area (Å²) < 4.78 is 0. The molecule has 1 amide bonds. The van der Waals surface area contributed by atoms with Gasteiger partial charge in [-0.1, -0.05) is 50.1 Å². The predicted molar refractivity (Wildman–Crippen MR) is 106 cm³/mol. The van der Waals surface area contributed by atoms with Crippen molar-refractivity contribution in [1.82, 2.24) is 9.88 Å². The zero-order valence-electron chi connectivity index (χ0n) is 16.1. The van der Waals surface area contributed by atoms with Gasteiger partial charge in [-0.3, -0.25) is 4.79 Å². The molecule has 0 bridgehead atoms. The van der Waals surface area contributed by atoms with E-state index in [2.05, 4.69) is 49.2 Å². The minimum absolute atomic E-state index is 0.0208. The van der Waals surface area contributed by atoms with Gasteiger partial charge in [-0.05, 0) is 49.3 Å². The molecule has 1 saturated heterocycles. The Kier molecular flexibility index (Phi) is 6.24. The van der Waals surface area contributed by atoms with E-state index >= 15 is 0 Å². The molecular weight excluding hydrogens is 334 g/mol. The third kappa shape index (κ3) is 4.19. The lowest BCUT2D eigenvalue weighted by Crippen LogP contribution is -2.49. The van der Waals surface area contributed by atoms with Gasteiger partial charge in [-0.15, -0.1) is 0 Å². The minimum Gasteiger partial charge on any atom is -0.336 e. The van der Waals surface area contributed by atoms with Gasteiger partial charge in [0.05, 0.1) is 5.56 Å². The summed E-state index contributed by atoms with van der Waals surface area (Å²) in [6.07, 6.45) is 5.99. The topological polar surface area (TPSA) is 57.0 Å². The van der Waals surface area contributed by atoms with Crippen LogP contribution in [0.2, 0.25) is 0 Å². The molecule has 3 rings (SSSR count). The van der Waals surface area contributed by atoms with Crippen molar-refractivity contribution >= 4 is 5.91 Å². The van der Waals surface area contributed by atoms with Crippen molar-refractivity contribution in [2.75, 3.05) is 6.54 Å². The number of nitriles is 1. The van der Waals surface area contributed by atoms with E-state index in [4.69, 9.17) is 5.26 Å². The molecule has 1 aromatic carbocycles. The lowest BCUT2D eigenvalue weighted by Gasteiger charge is -2.44. The summed E-state index contributed by atoms with van der Waals surface area (Å²) in [7, 11) is 0. The van der Waals surface area contributed by atoms with E-state index in [1.54, 1.807) is 12.1 Å². The van der Waals surface area contributed by atoms with E-state index < -0.39 is 0 Å². The molecule has 1 fully saturated rings. The van der Waals surface area contributed by atoms with Gasteiger partial charge in [0.15, 0.2) is 0 Å². The van der Waals surface area contributed by atoms with Gasteiger partial charge in [0.2, 0.25) is 0 Å². The van der Waals surface area contributed by atoms with Crippen LogP contribution in [0.5, 0.6) is 0 Å². The highest BCUT2D eigenvalue weighted by Gasteiger charge is 2.38. The van der Waals surface area contributed by atoms with Gasteiger partial charge in [-0.25, -0.2) is 4.98 Å². The molecule has 4 nitrogen and oxygen atoms in total. The number of likely N-dealkylation sites (tertiary alicyclic amines) is 1. The Labute approximate surface area is 161 Å². The number of pyridine rings is 1. The molecule has 0 saturated carbocycles. The molecule has 4 heteroatoms. The van der Waals surface area contributed by atoms with Crippen LogP contribution in [0.3, 0.4) is 0 Å². The van der Waals surface area contributed by atoms with Crippen molar-refractivity contribution in [3.8, 4) is 6.07 Å². The summed E-state index contributed by atoms with van der Waals surface area (Å²) in [6, 6.07) is 16.2. The molecule has 2 heterocycles. The fourth-order valence-electron chi connectivity index (χ4n) is 4.30. The molecule has 140 valence electrons. The van der Waals surface area contributed by atoms with Crippen molar-refractivity contribution in [3.05, 3.63) is 65.5 Å². The molecule has 0 aliphatic carbocycles. The fourth-order valence-corrected chi connectivity index (χ4v) is 4.30. The normalized spacial score (nSPS) is 22.3. The number of benzene rings is 1. The summed E-state index contributed by atoms with van der Waals surface area (Å²) in [4.78, 5) is 19.1. The Bertz CT molecular complexity index is 795. The van der Waals surface area contributed by atoms with Crippen molar-refractivity contribution in [2.45, 2.75) is 51.5 Å². The van der Waals surface area contributed by atoms with Gasteiger partial charge in [0, 0.05) is 18.8 Å². The van der Waals surface area contributed by atoms with Gasteiger partial charge in [-0.2, -0.15) is 5.26 Å². The van der Waals surface area contributed by atoms with E-state index in [0.717, 1.165) is 25.8 Å². The molecule has 1 aliphatic rings. The molecular formula is C23H27N3O. The molecule has 1 aromatic heterocycles. The lowest BCUT2D eigenvalue weighted by atomic mass is 9.74. The molecule has 2 aromatic rings. The van der Waals surface area contributed by atoms with Gasteiger partial charge < -0.3 is 4.90 Å². The van der Waals surface area contributed by atoms with Crippen LogP contribution in [0.25, 0.3) is 0 Å². The summed E-state index contributed by atoms with van der Waals surface area (Å²) in [5.41, 5.74) is 2.29. The first kappa shape index (κ1) is 19.1. The van der Waals surface area contributed by atoms with Crippen LogP contribution in [0.4, 0.5) is 0 Å². The number of nitrogens with zero attached hydrogens (tertiary/aromatic N) is 3. The van der Waals surface area contributed by atoms with E-state index in [0.29, 0.717) is 23.1 Å². The van der Waals surface area contributed by atoms with Crippen LogP contribution < -0.4 is 0 Å². The number of piperidine rings is 1. The number of rotatable bonds is 5. The number of hydrogen-bond acceptors (Lipinski definition) is 3. The smallest absolute Gasteiger partial charge is 0.255 e. The van der Waals surface area contributed by atoms with Crippen LogP contribution in [0.1, 0.15) is 67.1 Å². The first-order chi connectivity index (χ1) is 13.2. The van der Waals surface area contributed by atoms with Crippen molar-refractivity contribution < 1.29 is 4.79 Å². The highest BCUT2D eigenvalue weighted by Crippen LogP contribution is 2.40. The van der Waals surface area contributed by atoms with Crippen LogP contribution in [-0.4, -0.2) is 28.4 Å². The number of amides is 1. The highest BCUT2D eigenvalue weighted by atomic mass is 16.2. The summed E-state index contributed by atoms with van der Waals surface area (Å²) >= 11 is 0.